The van der Waals surface area contributed by atoms with Crippen molar-refractivity contribution in [1.82, 2.24) is 0 Å². The van der Waals surface area contributed by atoms with E-state index in [0.717, 1.165) is 16.1 Å². The molecule has 1 heterocycles. The van der Waals surface area contributed by atoms with Crippen molar-refractivity contribution < 1.29 is 4.74 Å². The Hall–Kier alpha value is -2.41. The Morgan fingerprint density at radius 3 is 2.24 bits per heavy atom. The van der Waals surface area contributed by atoms with Gasteiger partial charge in [-0.1, -0.05) is 103 Å². The van der Waals surface area contributed by atoms with Crippen LogP contribution in [0.2, 0.25) is 5.02 Å². The Labute approximate surface area is 202 Å². The first kappa shape index (κ1) is 21.1. The summed E-state index contributed by atoms with van der Waals surface area (Å²) >= 11 is 6.54. The molecule has 33 heavy (non-hydrogen) atoms. The van der Waals surface area contributed by atoms with Crippen LogP contribution in [-0.2, 0) is 11.3 Å². The largest absolute Gasteiger partial charge is 0.473 e. The number of ether oxygens (including phenoxy) is 1. The van der Waals surface area contributed by atoms with Crippen LogP contribution in [-0.4, -0.2) is 17.6 Å². The van der Waals surface area contributed by atoms with E-state index >= 15 is 0 Å². The molecule has 2 aliphatic carbocycles. The first-order valence-corrected chi connectivity index (χ1v) is 13.4. The third kappa shape index (κ3) is 3.30. The molecule has 0 N–H and O–H groups in total. The second-order valence-electron chi connectivity index (χ2n) is 9.55. The number of benzene rings is 3. The maximum atomic E-state index is 6.54. The lowest BCUT2D eigenvalue weighted by molar-refractivity contribution is 0.00915. The molecule has 0 amide bonds. The van der Waals surface area contributed by atoms with Gasteiger partial charge in [0.2, 0.25) is 5.90 Å². The van der Waals surface area contributed by atoms with E-state index in [4.69, 9.17) is 21.3 Å². The fraction of sp³-hybridized carbons (Fsp3) is 0.276. The normalized spacial score (nSPS) is 29.1. The molecule has 5 unspecified atom stereocenters. The topological polar surface area (TPSA) is 21.6 Å². The average molecular weight is 472 g/mol. The third-order valence-electron chi connectivity index (χ3n) is 7.72. The predicted octanol–water partition coefficient (Wildman–Crippen LogP) is 6.33. The molecule has 2 nitrogen and oxygen atoms in total. The molecule has 0 spiro atoms. The van der Waals surface area contributed by atoms with E-state index in [0.29, 0.717) is 30.0 Å². The Morgan fingerprint density at radius 2 is 1.64 bits per heavy atom. The fourth-order valence-electron chi connectivity index (χ4n) is 6.11. The van der Waals surface area contributed by atoms with Gasteiger partial charge in [-0.15, -0.1) is 0 Å². The lowest BCUT2D eigenvalue weighted by Gasteiger charge is -2.66. The third-order valence-corrected chi connectivity index (χ3v) is 11.0. The highest BCUT2D eigenvalue weighted by molar-refractivity contribution is 7.73. The van der Waals surface area contributed by atoms with Crippen LogP contribution in [0.25, 0.3) is 0 Å². The summed E-state index contributed by atoms with van der Waals surface area (Å²) < 4.78 is 6.02. The second-order valence-corrected chi connectivity index (χ2v) is 12.3. The molecule has 1 aliphatic heterocycles. The summed E-state index contributed by atoms with van der Waals surface area (Å²) in [5.41, 5.74) is 2.84. The molecule has 0 aromatic heterocycles. The zero-order chi connectivity index (χ0) is 22.6. The molecule has 3 aromatic carbocycles. The predicted molar refractivity (Wildman–Crippen MR) is 139 cm³/mol. The zero-order valence-corrected chi connectivity index (χ0v) is 20.5. The van der Waals surface area contributed by atoms with Crippen LogP contribution in [0.4, 0.5) is 0 Å². The van der Waals surface area contributed by atoms with Crippen molar-refractivity contribution >= 4 is 36.0 Å². The van der Waals surface area contributed by atoms with Crippen molar-refractivity contribution in [3.63, 3.8) is 0 Å². The van der Waals surface area contributed by atoms with Crippen LogP contribution >= 0.6 is 19.5 Å². The van der Waals surface area contributed by atoms with Gasteiger partial charge in [-0.3, -0.25) is 0 Å². The summed E-state index contributed by atoms with van der Waals surface area (Å²) in [5, 5.41) is 3.62. The Morgan fingerprint density at radius 1 is 0.970 bits per heavy atom. The number of fused-ring (bicyclic) bond motifs is 2. The number of halogens is 1. The first-order chi connectivity index (χ1) is 16.1. The van der Waals surface area contributed by atoms with Crippen molar-refractivity contribution in [3.8, 4) is 0 Å². The Kier molecular flexibility index (Phi) is 5.20. The number of allylic oxidation sites excluding steroid dienone is 2. The molecule has 4 heteroatoms. The number of nitrogens with zero attached hydrogens (tertiary/aromatic N) is 1. The summed E-state index contributed by atoms with van der Waals surface area (Å²) in [7, 11) is -0.508. The van der Waals surface area contributed by atoms with Crippen LogP contribution < -0.4 is 10.6 Å². The SMILES string of the molecule is CC(N=C1OCc2cccc(Cl)c21)C1C(P(c2ccccc2)c2ccccc2)C2C=CC21C. The van der Waals surface area contributed by atoms with E-state index in [1.54, 1.807) is 0 Å². The molecule has 5 atom stereocenters. The maximum absolute atomic E-state index is 6.54. The minimum absolute atomic E-state index is 0.135. The second kappa shape index (κ2) is 8.12. The van der Waals surface area contributed by atoms with E-state index in [9.17, 15) is 0 Å². The highest BCUT2D eigenvalue weighted by Crippen LogP contribution is 2.70. The maximum Gasteiger partial charge on any atom is 0.218 e. The quantitative estimate of drug-likeness (QED) is 0.315. The van der Waals surface area contributed by atoms with Crippen LogP contribution in [0, 0.1) is 17.3 Å². The Bertz CT molecular complexity index is 1200. The lowest BCUT2D eigenvalue weighted by Crippen LogP contribution is -2.64. The Balaban J connectivity index is 1.40. The van der Waals surface area contributed by atoms with Gasteiger partial charge in [-0.25, -0.2) is 4.99 Å². The standard InChI is InChI=1S/C29H27ClNOP/c1-19(31-28-25-20(18-32-28)10-9-15-24(25)30)26-27(23-16-17-29(23,26)2)33(21-11-5-3-6-12-21)22-13-7-4-8-14-22/h3-17,19,23,26-27H,18H2,1-2H3. The summed E-state index contributed by atoms with van der Waals surface area (Å²) in [6, 6.07) is 28.3. The molecule has 0 saturated heterocycles. The average Bonchev–Trinajstić information content (AvgIpc) is 3.24. The smallest absolute Gasteiger partial charge is 0.218 e. The monoisotopic (exact) mass is 471 g/mol. The van der Waals surface area contributed by atoms with Crippen molar-refractivity contribution in [2.45, 2.75) is 32.2 Å². The van der Waals surface area contributed by atoms with Crippen LogP contribution in [0.15, 0.2) is 96.0 Å². The number of hydrogen-bond donors (Lipinski definition) is 0. The lowest BCUT2D eigenvalue weighted by atomic mass is 9.46. The van der Waals surface area contributed by atoms with E-state index < -0.39 is 7.92 Å². The van der Waals surface area contributed by atoms with Gasteiger partial charge in [0.1, 0.15) is 6.61 Å². The van der Waals surface area contributed by atoms with Crippen molar-refractivity contribution in [1.29, 1.82) is 0 Å². The first-order valence-electron chi connectivity index (χ1n) is 11.6. The van der Waals surface area contributed by atoms with Gasteiger partial charge in [0.15, 0.2) is 0 Å². The molecule has 3 aromatic rings. The van der Waals surface area contributed by atoms with Crippen LogP contribution in [0.3, 0.4) is 0 Å². The van der Waals surface area contributed by atoms with E-state index in [-0.39, 0.29) is 11.5 Å². The van der Waals surface area contributed by atoms with E-state index in [1.165, 1.54) is 10.6 Å². The molecule has 0 radical (unpaired) electrons. The molecule has 1 saturated carbocycles. The summed E-state index contributed by atoms with van der Waals surface area (Å²) in [5.74, 6) is 1.75. The van der Waals surface area contributed by atoms with E-state index in [2.05, 4.69) is 92.7 Å². The van der Waals surface area contributed by atoms with Gasteiger partial charge in [0.25, 0.3) is 0 Å². The summed E-state index contributed by atoms with van der Waals surface area (Å²) in [6.45, 7) is 5.23. The number of aliphatic imine (C=N–C) groups is 1. The molecule has 0 bridgehead atoms. The van der Waals surface area contributed by atoms with Gasteiger partial charge in [-0.2, -0.15) is 0 Å². The summed E-state index contributed by atoms with van der Waals surface area (Å²) in [4.78, 5) is 5.17. The van der Waals surface area contributed by atoms with Crippen molar-refractivity contribution in [2.24, 2.45) is 22.2 Å². The molecule has 1 fully saturated rings. The van der Waals surface area contributed by atoms with Crippen LogP contribution in [0.1, 0.15) is 25.0 Å². The summed E-state index contributed by atoms with van der Waals surface area (Å²) in [6.07, 6.45) is 4.84. The van der Waals surface area contributed by atoms with E-state index in [1.807, 2.05) is 12.1 Å². The van der Waals surface area contributed by atoms with Crippen molar-refractivity contribution in [3.05, 3.63) is 107 Å². The van der Waals surface area contributed by atoms with Crippen LogP contribution in [0.5, 0.6) is 0 Å². The van der Waals surface area contributed by atoms with Gasteiger partial charge in [0.05, 0.1) is 16.6 Å². The molecular weight excluding hydrogens is 445 g/mol. The minimum Gasteiger partial charge on any atom is -0.473 e. The molecule has 166 valence electrons. The number of hydrogen-bond acceptors (Lipinski definition) is 2. The molecule has 3 aliphatic rings. The van der Waals surface area contributed by atoms with Gasteiger partial charge < -0.3 is 4.74 Å². The molecular formula is C29H27ClNOP. The van der Waals surface area contributed by atoms with Crippen molar-refractivity contribution in [2.75, 3.05) is 0 Å². The minimum atomic E-state index is -0.508. The van der Waals surface area contributed by atoms with Gasteiger partial charge in [-0.05, 0) is 54.4 Å². The molecule has 6 rings (SSSR count). The zero-order valence-electron chi connectivity index (χ0n) is 18.9. The highest BCUT2D eigenvalue weighted by atomic mass is 35.5. The number of rotatable bonds is 5. The van der Waals surface area contributed by atoms with Gasteiger partial charge >= 0.3 is 0 Å². The fourth-order valence-corrected chi connectivity index (χ4v) is 9.99. The highest BCUT2D eigenvalue weighted by Gasteiger charge is 2.64. The van der Waals surface area contributed by atoms with Gasteiger partial charge in [0, 0.05) is 5.56 Å².